The summed E-state index contributed by atoms with van der Waals surface area (Å²) in [4.78, 5) is 4.78. The van der Waals surface area contributed by atoms with Crippen LogP contribution >= 0.6 is 27.3 Å². The lowest BCUT2D eigenvalue weighted by Crippen LogP contribution is -1.97. The fraction of sp³-hybridized carbons (Fsp3) is 0.222. The van der Waals surface area contributed by atoms with Gasteiger partial charge in [-0.3, -0.25) is 0 Å². The molecule has 74 valence electrons. The van der Waals surface area contributed by atoms with Crippen molar-refractivity contribution < 1.29 is 9.52 Å². The van der Waals surface area contributed by atoms with E-state index >= 15 is 0 Å². The van der Waals surface area contributed by atoms with E-state index in [2.05, 4.69) is 20.9 Å². The number of thiazole rings is 1. The van der Waals surface area contributed by atoms with Crippen molar-refractivity contribution in [3.8, 4) is 0 Å². The normalized spacial score (nSPS) is 13.1. The minimum Gasteiger partial charge on any atom is -0.466 e. The number of aliphatic hydroxyl groups is 1. The maximum absolute atomic E-state index is 9.98. The molecule has 0 bridgehead atoms. The van der Waals surface area contributed by atoms with Gasteiger partial charge < -0.3 is 9.52 Å². The highest BCUT2D eigenvalue weighted by atomic mass is 79.9. The van der Waals surface area contributed by atoms with Crippen LogP contribution in [-0.2, 0) is 0 Å². The number of halogens is 1. The Labute approximate surface area is 93.5 Å². The van der Waals surface area contributed by atoms with Crippen LogP contribution in [0.15, 0.2) is 26.9 Å². The molecule has 0 amide bonds. The summed E-state index contributed by atoms with van der Waals surface area (Å²) < 4.78 is 5.88. The summed E-state index contributed by atoms with van der Waals surface area (Å²) in [5.41, 5.74) is 2.62. The summed E-state index contributed by atoms with van der Waals surface area (Å²) in [6.07, 6.45) is 0.843. The third-order valence-corrected chi connectivity index (χ3v) is 3.72. The van der Waals surface area contributed by atoms with E-state index in [0.29, 0.717) is 10.4 Å². The van der Waals surface area contributed by atoms with Gasteiger partial charge in [-0.25, -0.2) is 4.98 Å². The van der Waals surface area contributed by atoms with E-state index in [1.165, 1.54) is 11.3 Å². The zero-order valence-electron chi connectivity index (χ0n) is 7.40. The van der Waals surface area contributed by atoms with Crippen molar-refractivity contribution in [1.29, 1.82) is 0 Å². The molecule has 0 aliphatic rings. The van der Waals surface area contributed by atoms with Crippen LogP contribution in [0.3, 0.4) is 0 Å². The number of furan rings is 1. The second-order valence-electron chi connectivity index (χ2n) is 2.88. The molecule has 0 radical (unpaired) electrons. The van der Waals surface area contributed by atoms with Gasteiger partial charge >= 0.3 is 0 Å². The van der Waals surface area contributed by atoms with Crippen LogP contribution in [0.25, 0.3) is 0 Å². The number of aromatic nitrogens is 1. The van der Waals surface area contributed by atoms with Crippen LogP contribution in [0.2, 0.25) is 0 Å². The molecule has 0 aromatic carbocycles. The molecule has 2 rings (SSSR count). The van der Waals surface area contributed by atoms with Crippen molar-refractivity contribution in [2.75, 3.05) is 0 Å². The predicted molar refractivity (Wildman–Crippen MR) is 57.3 cm³/mol. The molecule has 5 heteroatoms. The third-order valence-electron chi connectivity index (χ3n) is 1.95. The van der Waals surface area contributed by atoms with Gasteiger partial charge in [0.1, 0.15) is 16.5 Å². The van der Waals surface area contributed by atoms with Gasteiger partial charge in [-0.05, 0) is 34.5 Å². The Bertz CT molecular complexity index is 397. The van der Waals surface area contributed by atoms with Gasteiger partial charge in [0.2, 0.25) is 0 Å². The maximum Gasteiger partial charge on any atom is 0.149 e. The molecule has 1 atom stereocenters. The maximum atomic E-state index is 9.98. The Hall–Kier alpha value is -0.650. The first-order valence-corrected chi connectivity index (χ1v) is 5.68. The van der Waals surface area contributed by atoms with E-state index < -0.39 is 6.10 Å². The molecular formula is C9H8BrNO2S. The zero-order valence-corrected chi connectivity index (χ0v) is 9.80. The molecule has 0 saturated heterocycles. The smallest absolute Gasteiger partial charge is 0.149 e. The molecule has 2 aromatic heterocycles. The number of rotatable bonds is 2. The average Bonchev–Trinajstić information content (AvgIpc) is 2.73. The SMILES string of the molecule is Cc1ccoc1C(O)c1scnc1Br. The number of aryl methyl sites for hydroxylation is 1. The van der Waals surface area contributed by atoms with Crippen LogP contribution in [-0.4, -0.2) is 10.1 Å². The lowest BCUT2D eigenvalue weighted by atomic mass is 10.2. The number of hydrogen-bond donors (Lipinski definition) is 1. The topological polar surface area (TPSA) is 46.3 Å². The Morgan fingerprint density at radius 1 is 1.64 bits per heavy atom. The van der Waals surface area contributed by atoms with Gasteiger partial charge in [0.05, 0.1) is 16.7 Å². The summed E-state index contributed by atoms with van der Waals surface area (Å²) in [7, 11) is 0. The van der Waals surface area contributed by atoms with Crippen LogP contribution in [0.4, 0.5) is 0 Å². The fourth-order valence-corrected chi connectivity index (χ4v) is 2.60. The van der Waals surface area contributed by atoms with Crippen molar-refractivity contribution >= 4 is 27.3 Å². The molecule has 0 aliphatic heterocycles. The van der Waals surface area contributed by atoms with Crippen LogP contribution in [0.5, 0.6) is 0 Å². The first kappa shape index (κ1) is 9.89. The number of hydrogen-bond acceptors (Lipinski definition) is 4. The second-order valence-corrected chi connectivity index (χ2v) is 4.52. The highest BCUT2D eigenvalue weighted by Crippen LogP contribution is 2.32. The van der Waals surface area contributed by atoms with E-state index in [4.69, 9.17) is 4.42 Å². The second kappa shape index (κ2) is 3.84. The minimum atomic E-state index is -0.730. The third kappa shape index (κ3) is 1.63. The van der Waals surface area contributed by atoms with Crippen molar-refractivity contribution in [2.45, 2.75) is 13.0 Å². The van der Waals surface area contributed by atoms with Gasteiger partial charge in [-0.15, -0.1) is 11.3 Å². The summed E-state index contributed by atoms with van der Waals surface area (Å²) in [5.74, 6) is 0.579. The zero-order chi connectivity index (χ0) is 10.1. The Morgan fingerprint density at radius 2 is 2.43 bits per heavy atom. The largest absolute Gasteiger partial charge is 0.466 e. The number of nitrogens with zero attached hydrogens (tertiary/aromatic N) is 1. The monoisotopic (exact) mass is 273 g/mol. The molecule has 0 spiro atoms. The van der Waals surface area contributed by atoms with E-state index in [9.17, 15) is 5.11 Å². The summed E-state index contributed by atoms with van der Waals surface area (Å²) in [6, 6.07) is 1.83. The van der Waals surface area contributed by atoms with Gasteiger partial charge in [0.25, 0.3) is 0 Å². The predicted octanol–water partition coefficient (Wildman–Crippen LogP) is 2.89. The molecule has 0 fully saturated rings. The quantitative estimate of drug-likeness (QED) is 0.915. The average molecular weight is 274 g/mol. The van der Waals surface area contributed by atoms with Gasteiger partial charge in [0, 0.05) is 0 Å². The molecule has 2 heterocycles. The number of aliphatic hydroxyl groups excluding tert-OH is 1. The molecule has 2 aromatic rings. The van der Waals surface area contributed by atoms with E-state index in [-0.39, 0.29) is 0 Å². The van der Waals surface area contributed by atoms with Gasteiger partial charge in [-0.1, -0.05) is 0 Å². The van der Waals surface area contributed by atoms with E-state index in [1.807, 2.05) is 13.0 Å². The first-order chi connectivity index (χ1) is 6.70. The highest BCUT2D eigenvalue weighted by molar-refractivity contribution is 9.10. The van der Waals surface area contributed by atoms with Crippen LogP contribution < -0.4 is 0 Å². The van der Waals surface area contributed by atoms with Gasteiger partial charge in [0.15, 0.2) is 0 Å². The molecule has 1 unspecified atom stereocenters. The standard InChI is InChI=1S/C9H8BrNO2S/c1-5-2-3-13-7(5)6(12)8-9(10)11-4-14-8/h2-4,6,12H,1H3. The molecule has 0 saturated carbocycles. The molecule has 3 nitrogen and oxygen atoms in total. The Balaban J connectivity index is 2.38. The summed E-state index contributed by atoms with van der Waals surface area (Å²) in [6.45, 7) is 1.90. The van der Waals surface area contributed by atoms with Crippen molar-refractivity contribution in [3.05, 3.63) is 38.6 Å². The minimum absolute atomic E-state index is 0.579. The molecule has 14 heavy (non-hydrogen) atoms. The highest BCUT2D eigenvalue weighted by Gasteiger charge is 2.20. The lowest BCUT2D eigenvalue weighted by molar-refractivity contribution is 0.191. The Kier molecular flexibility index (Phi) is 2.71. The summed E-state index contributed by atoms with van der Waals surface area (Å²) in [5, 5.41) is 9.98. The van der Waals surface area contributed by atoms with Crippen LogP contribution in [0.1, 0.15) is 22.3 Å². The van der Waals surface area contributed by atoms with E-state index in [1.54, 1.807) is 11.8 Å². The molecule has 0 aliphatic carbocycles. The lowest BCUT2D eigenvalue weighted by Gasteiger charge is -2.06. The van der Waals surface area contributed by atoms with E-state index in [0.717, 1.165) is 10.4 Å². The Morgan fingerprint density at radius 3 is 2.93 bits per heavy atom. The van der Waals surface area contributed by atoms with Crippen molar-refractivity contribution in [2.24, 2.45) is 0 Å². The molecule has 1 N–H and O–H groups in total. The van der Waals surface area contributed by atoms with Crippen molar-refractivity contribution in [3.63, 3.8) is 0 Å². The van der Waals surface area contributed by atoms with Gasteiger partial charge in [-0.2, -0.15) is 0 Å². The fourth-order valence-electron chi connectivity index (χ4n) is 1.20. The molecular weight excluding hydrogens is 266 g/mol. The first-order valence-electron chi connectivity index (χ1n) is 4.01. The van der Waals surface area contributed by atoms with Crippen LogP contribution in [0, 0.1) is 6.92 Å². The summed E-state index contributed by atoms with van der Waals surface area (Å²) >= 11 is 4.67. The van der Waals surface area contributed by atoms with Crippen molar-refractivity contribution in [1.82, 2.24) is 4.98 Å².